The Morgan fingerprint density at radius 1 is 1.58 bits per heavy atom. The van der Waals surface area contributed by atoms with Gasteiger partial charge in [0.15, 0.2) is 0 Å². The van der Waals surface area contributed by atoms with Crippen molar-refractivity contribution in [3.8, 4) is 0 Å². The third-order valence-electron chi connectivity index (χ3n) is 2.52. The van der Waals surface area contributed by atoms with E-state index in [1.165, 1.54) is 12.8 Å². The van der Waals surface area contributed by atoms with Crippen LogP contribution in [0.2, 0.25) is 0 Å². The van der Waals surface area contributed by atoms with Crippen LogP contribution < -0.4 is 0 Å². The number of thiol groups is 1. The number of hydrogen-bond donors (Lipinski definition) is 1. The molecule has 0 aromatic heterocycles. The predicted molar refractivity (Wildman–Crippen MR) is 62.0 cm³/mol. The fraction of sp³-hybridized carbons (Fsp3) is 0.800. The zero-order valence-corrected chi connectivity index (χ0v) is 9.79. The molecule has 0 bridgehead atoms. The zero-order chi connectivity index (χ0) is 9.19. The van der Waals surface area contributed by atoms with Crippen molar-refractivity contribution in [2.45, 2.75) is 43.6 Å². The summed E-state index contributed by atoms with van der Waals surface area (Å²) in [7, 11) is 0. The highest BCUT2D eigenvalue weighted by Crippen LogP contribution is 2.46. The summed E-state index contributed by atoms with van der Waals surface area (Å²) < 4.78 is 0.358. The largest absolute Gasteiger partial charge is 0.152 e. The van der Waals surface area contributed by atoms with Gasteiger partial charge in [0.2, 0.25) is 0 Å². The van der Waals surface area contributed by atoms with Gasteiger partial charge in [0.25, 0.3) is 0 Å². The average Bonchev–Trinajstić information content (AvgIpc) is 2.33. The smallest absolute Gasteiger partial charge is 0.0321 e. The lowest BCUT2D eigenvalue weighted by atomic mass is 10.00. The first-order valence-corrected chi connectivity index (χ1v) is 5.97. The summed E-state index contributed by atoms with van der Waals surface area (Å²) in [4.78, 5) is 0. The van der Waals surface area contributed by atoms with Crippen molar-refractivity contribution in [2.24, 2.45) is 5.92 Å². The Kier molecular flexibility index (Phi) is 3.59. The Morgan fingerprint density at radius 2 is 2.25 bits per heavy atom. The van der Waals surface area contributed by atoms with E-state index < -0.39 is 0 Å². The van der Waals surface area contributed by atoms with Gasteiger partial charge in [-0.2, -0.15) is 12.6 Å². The molecule has 0 aromatic carbocycles. The highest BCUT2D eigenvalue weighted by atomic mass is 32.2. The van der Waals surface area contributed by atoms with E-state index in [4.69, 9.17) is 0 Å². The van der Waals surface area contributed by atoms with Crippen molar-refractivity contribution >= 4 is 24.4 Å². The summed E-state index contributed by atoms with van der Waals surface area (Å²) in [5.74, 6) is 0.810. The van der Waals surface area contributed by atoms with Crippen molar-refractivity contribution in [1.29, 1.82) is 0 Å². The molecule has 1 rings (SSSR count). The van der Waals surface area contributed by atoms with E-state index in [2.05, 4.69) is 51.2 Å². The molecule has 0 unspecified atom stereocenters. The lowest BCUT2D eigenvalue weighted by Crippen LogP contribution is -2.12. The summed E-state index contributed by atoms with van der Waals surface area (Å²) in [6, 6.07) is 0. The Bertz CT molecular complexity index is 175. The molecule has 2 atom stereocenters. The van der Waals surface area contributed by atoms with Crippen molar-refractivity contribution in [3.05, 3.63) is 11.5 Å². The van der Waals surface area contributed by atoms with E-state index in [0.717, 1.165) is 11.2 Å². The minimum absolute atomic E-state index is 0.358. The molecule has 0 nitrogen and oxygen atoms in total. The maximum Gasteiger partial charge on any atom is 0.0321 e. The van der Waals surface area contributed by atoms with Crippen LogP contribution in [-0.4, -0.2) is 10.00 Å². The van der Waals surface area contributed by atoms with Gasteiger partial charge in [0.05, 0.1) is 0 Å². The zero-order valence-electron chi connectivity index (χ0n) is 8.08. The summed E-state index contributed by atoms with van der Waals surface area (Å²) in [5, 5.41) is 2.73. The van der Waals surface area contributed by atoms with Gasteiger partial charge < -0.3 is 0 Å². The quantitative estimate of drug-likeness (QED) is 0.666. The molecule has 1 fully saturated rings. The van der Waals surface area contributed by atoms with E-state index in [1.807, 2.05) is 5.41 Å². The second kappa shape index (κ2) is 4.10. The van der Waals surface area contributed by atoms with Crippen molar-refractivity contribution in [2.75, 3.05) is 0 Å². The molecule has 1 aliphatic heterocycles. The van der Waals surface area contributed by atoms with Gasteiger partial charge in [-0.05, 0) is 31.1 Å². The van der Waals surface area contributed by atoms with E-state index in [1.54, 1.807) is 0 Å². The molecule has 0 saturated carbocycles. The van der Waals surface area contributed by atoms with Gasteiger partial charge >= 0.3 is 0 Å². The molecule has 0 amide bonds. The molecule has 0 aliphatic carbocycles. The SMILES string of the molecule is CC(C)[C@H]1CC[C@](C)(/C=C\S)S1. The van der Waals surface area contributed by atoms with E-state index >= 15 is 0 Å². The fourth-order valence-electron chi connectivity index (χ4n) is 1.64. The predicted octanol–water partition coefficient (Wildman–Crippen LogP) is 3.74. The molecule has 0 spiro atoms. The third-order valence-corrected chi connectivity index (χ3v) is 4.63. The van der Waals surface area contributed by atoms with Gasteiger partial charge in [0, 0.05) is 10.00 Å². The topological polar surface area (TPSA) is 0 Å². The second-order valence-corrected chi connectivity index (χ2v) is 6.14. The van der Waals surface area contributed by atoms with Crippen LogP contribution in [0.25, 0.3) is 0 Å². The normalized spacial score (nSPS) is 36.9. The van der Waals surface area contributed by atoms with Crippen LogP contribution in [0.5, 0.6) is 0 Å². The van der Waals surface area contributed by atoms with Crippen molar-refractivity contribution < 1.29 is 0 Å². The third kappa shape index (κ3) is 2.46. The number of rotatable bonds is 2. The molecule has 2 heteroatoms. The molecule has 0 N–H and O–H groups in total. The first-order chi connectivity index (χ1) is 5.57. The van der Waals surface area contributed by atoms with Crippen LogP contribution in [0.15, 0.2) is 11.5 Å². The number of hydrogen-bond acceptors (Lipinski definition) is 2. The first kappa shape index (κ1) is 10.5. The minimum Gasteiger partial charge on any atom is -0.152 e. The molecule has 0 aromatic rings. The Labute approximate surface area is 85.6 Å². The number of thioether (sulfide) groups is 1. The van der Waals surface area contributed by atoms with E-state index in [0.29, 0.717) is 4.75 Å². The van der Waals surface area contributed by atoms with Crippen LogP contribution in [0, 0.1) is 5.92 Å². The molecule has 1 heterocycles. The molecular weight excluding hydrogens is 184 g/mol. The molecule has 1 saturated heterocycles. The van der Waals surface area contributed by atoms with Crippen LogP contribution in [0.1, 0.15) is 33.6 Å². The van der Waals surface area contributed by atoms with Gasteiger partial charge in [0.1, 0.15) is 0 Å². The van der Waals surface area contributed by atoms with Crippen LogP contribution in [0.3, 0.4) is 0 Å². The molecule has 1 aliphatic rings. The summed E-state index contributed by atoms with van der Waals surface area (Å²) in [5.41, 5.74) is 0. The highest BCUT2D eigenvalue weighted by Gasteiger charge is 2.34. The maximum absolute atomic E-state index is 4.14. The highest BCUT2D eigenvalue weighted by molar-refractivity contribution is 8.01. The lowest BCUT2D eigenvalue weighted by molar-refractivity contribution is 0.569. The Hall–Kier alpha value is 0.440. The summed E-state index contributed by atoms with van der Waals surface area (Å²) >= 11 is 6.25. The Balaban J connectivity index is 2.54. The van der Waals surface area contributed by atoms with Gasteiger partial charge in [-0.25, -0.2) is 0 Å². The van der Waals surface area contributed by atoms with Crippen LogP contribution in [0.4, 0.5) is 0 Å². The summed E-state index contributed by atoms with van der Waals surface area (Å²) in [6.07, 6.45) is 4.89. The second-order valence-electron chi connectivity index (χ2n) is 4.07. The molecular formula is C10H18S2. The van der Waals surface area contributed by atoms with Crippen molar-refractivity contribution in [1.82, 2.24) is 0 Å². The molecule has 70 valence electrons. The fourth-order valence-corrected chi connectivity index (χ4v) is 3.65. The summed E-state index contributed by atoms with van der Waals surface area (Å²) in [6.45, 7) is 6.94. The van der Waals surface area contributed by atoms with Gasteiger partial charge in [-0.1, -0.05) is 19.9 Å². The lowest BCUT2D eigenvalue weighted by Gasteiger charge is -2.20. The molecule has 0 radical (unpaired) electrons. The van der Waals surface area contributed by atoms with Crippen LogP contribution >= 0.6 is 24.4 Å². The van der Waals surface area contributed by atoms with Gasteiger partial charge in [-0.15, -0.1) is 11.8 Å². The average molecular weight is 202 g/mol. The molecule has 12 heavy (non-hydrogen) atoms. The van der Waals surface area contributed by atoms with E-state index in [9.17, 15) is 0 Å². The van der Waals surface area contributed by atoms with Gasteiger partial charge in [-0.3, -0.25) is 0 Å². The van der Waals surface area contributed by atoms with Crippen LogP contribution in [-0.2, 0) is 0 Å². The standard InChI is InChI=1S/C10H18S2/c1-8(2)9-4-5-10(3,12-9)6-7-11/h6-9,11H,4-5H2,1-3H3/b7-6-/t9-,10-/m1/s1. The minimum atomic E-state index is 0.358. The Morgan fingerprint density at radius 3 is 2.67 bits per heavy atom. The first-order valence-electron chi connectivity index (χ1n) is 4.57. The van der Waals surface area contributed by atoms with Crippen molar-refractivity contribution in [3.63, 3.8) is 0 Å². The monoisotopic (exact) mass is 202 g/mol. The van der Waals surface area contributed by atoms with E-state index in [-0.39, 0.29) is 0 Å². The maximum atomic E-state index is 4.14.